The molecule has 4 aliphatic rings. The molecule has 4 heterocycles. The number of methoxy groups -OCH3 is 3. The van der Waals surface area contributed by atoms with E-state index in [0.717, 1.165) is 33.4 Å². The molecule has 0 saturated carbocycles. The Hall–Kier alpha value is -4.98. The lowest BCUT2D eigenvalue weighted by Gasteiger charge is -2.45. The molecule has 4 aromatic rings. The SMILES string of the molecule is COc1ccc2cc1Oc1ccc(cc1)CC1c3cc(c(OC)cc3CC[N+]1(C)CC(=O)O)Oc1c(OCBr)c(OC)cc3c1C(C2)[N+](C)(CC(=O)O)CC3. The first-order valence-corrected chi connectivity index (χ1v) is 19.4. The Balaban J connectivity index is 1.53. The van der Waals surface area contributed by atoms with Crippen LogP contribution in [-0.4, -0.2) is 98.2 Å². The molecule has 13 heteroatoms. The third-order valence-corrected chi connectivity index (χ3v) is 11.8. The highest BCUT2D eigenvalue weighted by Gasteiger charge is 2.46. The first-order chi connectivity index (χ1) is 26.4. The summed E-state index contributed by atoms with van der Waals surface area (Å²) >= 11 is 3.45. The lowest BCUT2D eigenvalue weighted by atomic mass is 9.85. The van der Waals surface area contributed by atoms with Gasteiger partial charge in [0.05, 0.1) is 54.1 Å². The van der Waals surface area contributed by atoms with Gasteiger partial charge in [0.2, 0.25) is 5.75 Å². The van der Waals surface area contributed by atoms with Crippen LogP contribution in [0, 0.1) is 0 Å². The number of likely N-dealkylation sites (N-methyl/N-ethyl adjacent to an activating group) is 2. The van der Waals surface area contributed by atoms with Crippen molar-refractivity contribution in [2.75, 3.05) is 67.1 Å². The third-order valence-electron chi connectivity index (χ3n) is 11.6. The van der Waals surface area contributed by atoms with E-state index in [9.17, 15) is 19.8 Å². The molecule has 0 spiro atoms. The van der Waals surface area contributed by atoms with Crippen LogP contribution in [-0.2, 0) is 35.3 Å². The number of carboxylic acids is 2. The Morgan fingerprint density at radius 1 is 0.727 bits per heavy atom. The number of halogens is 1. The number of hydrogen-bond acceptors (Lipinski definition) is 8. The maximum atomic E-state index is 12.6. The molecule has 4 unspecified atom stereocenters. The monoisotopic (exact) mass is 818 g/mol. The number of carbonyl (C=O) groups is 2. The second kappa shape index (κ2) is 15.3. The van der Waals surface area contributed by atoms with Crippen molar-refractivity contribution >= 4 is 27.9 Å². The average molecular weight is 820 g/mol. The maximum absolute atomic E-state index is 12.6. The van der Waals surface area contributed by atoms with Crippen molar-refractivity contribution < 1.29 is 57.2 Å². The Morgan fingerprint density at radius 2 is 1.31 bits per heavy atom. The van der Waals surface area contributed by atoms with Crippen LogP contribution >= 0.6 is 15.9 Å². The zero-order valence-electron chi connectivity index (χ0n) is 31.7. The van der Waals surface area contributed by atoms with Gasteiger partial charge in [-0.3, -0.25) is 0 Å². The van der Waals surface area contributed by atoms with Crippen LogP contribution in [0.4, 0.5) is 0 Å². The molecule has 6 bridgehead atoms. The van der Waals surface area contributed by atoms with Crippen LogP contribution in [0.1, 0.15) is 45.5 Å². The summed E-state index contributed by atoms with van der Waals surface area (Å²) in [6, 6.07) is 18.9. The van der Waals surface area contributed by atoms with Gasteiger partial charge >= 0.3 is 11.9 Å². The molecule has 12 nitrogen and oxygen atoms in total. The van der Waals surface area contributed by atoms with Crippen molar-refractivity contribution in [1.29, 1.82) is 0 Å². The molecule has 4 atom stereocenters. The largest absolute Gasteiger partial charge is 0.493 e. The lowest BCUT2D eigenvalue weighted by molar-refractivity contribution is -0.934. The zero-order chi connectivity index (χ0) is 39.1. The summed E-state index contributed by atoms with van der Waals surface area (Å²) in [6.45, 7) is 0.998. The van der Waals surface area contributed by atoms with E-state index in [1.54, 1.807) is 21.3 Å². The van der Waals surface area contributed by atoms with Crippen molar-refractivity contribution in [3.05, 3.63) is 94.0 Å². The van der Waals surface area contributed by atoms with Gasteiger partial charge in [0.25, 0.3) is 0 Å². The highest BCUT2D eigenvalue weighted by Crippen LogP contribution is 2.54. The van der Waals surface area contributed by atoms with Gasteiger partial charge in [0.1, 0.15) is 23.3 Å². The number of quaternary nitrogens is 2. The number of alkyl halides is 1. The first-order valence-electron chi connectivity index (χ1n) is 18.3. The normalized spacial score (nSPS) is 22.5. The van der Waals surface area contributed by atoms with Crippen molar-refractivity contribution in [1.82, 2.24) is 0 Å². The Labute approximate surface area is 329 Å². The van der Waals surface area contributed by atoms with Gasteiger partial charge in [0, 0.05) is 31.2 Å². The Morgan fingerprint density at radius 3 is 1.95 bits per heavy atom. The van der Waals surface area contributed by atoms with Gasteiger partial charge in [-0.25, -0.2) is 9.59 Å². The molecule has 4 aromatic carbocycles. The third kappa shape index (κ3) is 7.40. The van der Waals surface area contributed by atoms with Crippen molar-refractivity contribution in [3.63, 3.8) is 0 Å². The van der Waals surface area contributed by atoms with E-state index in [1.807, 2.05) is 74.8 Å². The van der Waals surface area contributed by atoms with E-state index in [4.69, 9.17) is 28.4 Å². The molecule has 0 radical (unpaired) electrons. The van der Waals surface area contributed by atoms with Crippen LogP contribution < -0.4 is 28.4 Å². The van der Waals surface area contributed by atoms with Gasteiger partial charge in [-0.15, -0.1) is 0 Å². The number of benzene rings is 4. The van der Waals surface area contributed by atoms with Gasteiger partial charge in [-0.05, 0) is 80.6 Å². The van der Waals surface area contributed by atoms with E-state index < -0.39 is 18.0 Å². The van der Waals surface area contributed by atoms with Crippen LogP contribution in [0.25, 0.3) is 0 Å². The highest BCUT2D eigenvalue weighted by atomic mass is 79.9. The van der Waals surface area contributed by atoms with Crippen molar-refractivity contribution in [3.8, 4) is 46.0 Å². The predicted octanol–water partition coefficient (Wildman–Crippen LogP) is 7.08. The molecule has 8 rings (SSSR count). The fraction of sp³-hybridized carbons (Fsp3) is 0.381. The molecular formula is C42H47BrN2O10+2. The molecule has 0 amide bonds. The van der Waals surface area contributed by atoms with Gasteiger partial charge < -0.3 is 47.6 Å². The quantitative estimate of drug-likeness (QED) is 0.134. The Bertz CT molecular complexity index is 2120. The topological polar surface area (TPSA) is 130 Å². The molecule has 55 heavy (non-hydrogen) atoms. The zero-order valence-corrected chi connectivity index (χ0v) is 33.3. The number of ether oxygens (including phenoxy) is 6. The molecule has 0 aromatic heterocycles. The fourth-order valence-corrected chi connectivity index (χ4v) is 8.98. The lowest BCUT2D eigenvalue weighted by Crippen LogP contribution is -2.54. The number of aliphatic carboxylic acids is 2. The first kappa shape index (κ1) is 38.3. The van der Waals surface area contributed by atoms with Crippen LogP contribution in [0.3, 0.4) is 0 Å². The fourth-order valence-electron chi connectivity index (χ4n) is 8.75. The summed E-state index contributed by atoms with van der Waals surface area (Å²) in [6.07, 6.45) is 2.21. The van der Waals surface area contributed by atoms with Gasteiger partial charge in [-0.1, -0.05) is 18.2 Å². The maximum Gasteiger partial charge on any atom is 0.359 e. The minimum Gasteiger partial charge on any atom is -0.493 e. The molecule has 0 aliphatic carbocycles. The minimum atomic E-state index is -0.912. The number of fused-ring (bicyclic) bond motifs is 2. The van der Waals surface area contributed by atoms with Crippen molar-refractivity contribution in [2.45, 2.75) is 37.8 Å². The van der Waals surface area contributed by atoms with Crippen LogP contribution in [0.5, 0.6) is 46.0 Å². The van der Waals surface area contributed by atoms with E-state index in [1.165, 1.54) is 0 Å². The molecule has 0 saturated heterocycles. The summed E-state index contributed by atoms with van der Waals surface area (Å²) in [7, 11) is 8.75. The van der Waals surface area contributed by atoms with Gasteiger partial charge in [0.15, 0.2) is 47.6 Å². The summed E-state index contributed by atoms with van der Waals surface area (Å²) in [5, 5.41) is 20.4. The molecule has 4 aliphatic heterocycles. The second-order valence-electron chi connectivity index (χ2n) is 15.0. The minimum absolute atomic E-state index is 0.0575. The highest BCUT2D eigenvalue weighted by molar-refractivity contribution is 9.09. The van der Waals surface area contributed by atoms with Crippen molar-refractivity contribution in [2.24, 2.45) is 0 Å². The number of carboxylic acid groups (broad SMARTS) is 2. The standard InChI is InChI=1S/C42H45BrN2O10/c1-44(22-38(46)47)14-12-27-19-34(51-4)36-21-30(27)31(44)16-25-6-9-29(10-7-25)54-35-18-26(8-11-33(35)50-3)17-32-40-28(13-15-45(32,2)23-39(48)49)20-37(52-5)41(53-24-43)42(40)55-36/h6-11,18-21,31-32H,12-17,22-24H2,1-5H3/p+2. The Kier molecular flexibility index (Phi) is 10.6. The number of hydrogen-bond donors (Lipinski definition) is 2. The van der Waals surface area contributed by atoms with Crippen LogP contribution in [0.2, 0.25) is 0 Å². The molecule has 0 fully saturated rings. The van der Waals surface area contributed by atoms with E-state index in [2.05, 4.69) is 15.9 Å². The summed E-state index contributed by atoms with van der Waals surface area (Å²) < 4.78 is 37.9. The number of rotatable bonds is 9. The van der Waals surface area contributed by atoms with Gasteiger partial charge in [-0.2, -0.15) is 0 Å². The van der Waals surface area contributed by atoms with Crippen LogP contribution in [0.15, 0.2) is 60.7 Å². The predicted molar refractivity (Wildman–Crippen MR) is 207 cm³/mol. The second-order valence-corrected chi connectivity index (χ2v) is 15.5. The average Bonchev–Trinajstić information content (AvgIpc) is 3.14. The van der Waals surface area contributed by atoms with E-state index in [0.29, 0.717) is 84.8 Å². The number of nitrogens with zero attached hydrogens (tertiary/aromatic N) is 2. The molecular weight excluding hydrogens is 772 g/mol. The summed E-state index contributed by atoms with van der Waals surface area (Å²) in [4.78, 5) is 24.9. The molecule has 2 N–H and O–H groups in total. The molecule has 290 valence electrons. The van der Waals surface area contributed by atoms with E-state index in [-0.39, 0.29) is 33.6 Å². The summed E-state index contributed by atoms with van der Waals surface area (Å²) in [5.41, 5.74) is 5.86. The smallest absolute Gasteiger partial charge is 0.359 e. The summed E-state index contributed by atoms with van der Waals surface area (Å²) in [5.74, 6) is 2.10. The van der Waals surface area contributed by atoms with E-state index >= 15 is 0 Å².